The Morgan fingerprint density at radius 2 is 1.72 bits per heavy atom. The molecule has 0 spiro atoms. The second-order valence-electron chi connectivity index (χ2n) is 6.72. The third-order valence-corrected chi connectivity index (χ3v) is 5.13. The molecule has 0 bridgehead atoms. The first-order valence-electron chi connectivity index (χ1n) is 9.90. The second-order valence-corrected chi connectivity index (χ2v) is 7.98. The third-order valence-electron chi connectivity index (χ3n) is 4.31. The van der Waals surface area contributed by atoms with E-state index in [1.807, 2.05) is 0 Å². The zero-order chi connectivity index (χ0) is 23.5. The number of hydrogen-bond acceptors (Lipinski definition) is 6. The summed E-state index contributed by atoms with van der Waals surface area (Å²) in [5.74, 6) is -0.393. The van der Waals surface area contributed by atoms with E-state index < -0.39 is 16.7 Å². The molecule has 0 saturated carbocycles. The molecule has 0 aliphatic rings. The van der Waals surface area contributed by atoms with Crippen LogP contribution in [0.2, 0.25) is 0 Å². The first kappa shape index (κ1) is 25.2. The van der Waals surface area contributed by atoms with Crippen molar-refractivity contribution in [2.45, 2.75) is 32.6 Å². The number of nitro groups is 1. The van der Waals surface area contributed by atoms with E-state index in [9.17, 15) is 19.7 Å². The molecule has 0 heterocycles. The standard InChI is InChI=1S/C21H23BrN4O5S/c1-2-3-4-5-12-31-18-11-8-15(13-17(18)22)19(27)23-21(32)25-24-20(28)14-6-9-16(10-7-14)26(29)30/h6-11,13H,2-5,12H2,1H3,(H,24,28)(H2,23,25,27,32). The fourth-order valence-corrected chi connectivity index (χ4v) is 3.23. The third kappa shape index (κ3) is 7.89. The van der Waals surface area contributed by atoms with Crippen LogP contribution in [0.1, 0.15) is 53.3 Å². The number of nitrogens with one attached hydrogen (secondary N) is 3. The summed E-state index contributed by atoms with van der Waals surface area (Å²) >= 11 is 8.42. The summed E-state index contributed by atoms with van der Waals surface area (Å²) in [5.41, 5.74) is 5.14. The van der Waals surface area contributed by atoms with E-state index >= 15 is 0 Å². The number of non-ortho nitro benzene ring substituents is 1. The van der Waals surface area contributed by atoms with E-state index in [1.54, 1.807) is 18.2 Å². The maximum absolute atomic E-state index is 12.4. The van der Waals surface area contributed by atoms with Gasteiger partial charge in [-0.25, -0.2) is 0 Å². The van der Waals surface area contributed by atoms with Crippen LogP contribution in [0.25, 0.3) is 0 Å². The van der Waals surface area contributed by atoms with E-state index in [4.69, 9.17) is 17.0 Å². The number of carbonyl (C=O) groups excluding carboxylic acids is 2. The van der Waals surface area contributed by atoms with Crippen LogP contribution in [0, 0.1) is 10.1 Å². The lowest BCUT2D eigenvalue weighted by molar-refractivity contribution is -0.384. The van der Waals surface area contributed by atoms with Crippen LogP contribution in [0.4, 0.5) is 5.69 Å². The van der Waals surface area contributed by atoms with Gasteiger partial charge in [0.1, 0.15) is 5.75 Å². The normalized spacial score (nSPS) is 10.2. The van der Waals surface area contributed by atoms with Gasteiger partial charge in [-0.3, -0.25) is 35.9 Å². The Morgan fingerprint density at radius 3 is 2.34 bits per heavy atom. The number of unbranched alkanes of at least 4 members (excludes halogenated alkanes) is 3. The molecule has 2 amide bonds. The highest BCUT2D eigenvalue weighted by Gasteiger charge is 2.13. The second kappa shape index (κ2) is 12.7. The average Bonchev–Trinajstić information content (AvgIpc) is 2.78. The van der Waals surface area contributed by atoms with Gasteiger partial charge in [0.2, 0.25) is 0 Å². The monoisotopic (exact) mass is 522 g/mol. The van der Waals surface area contributed by atoms with Crippen molar-refractivity contribution >= 4 is 50.8 Å². The molecule has 0 radical (unpaired) electrons. The number of rotatable bonds is 9. The number of amides is 2. The Morgan fingerprint density at radius 1 is 1.03 bits per heavy atom. The molecule has 2 aromatic rings. The molecule has 0 saturated heterocycles. The molecule has 2 aromatic carbocycles. The summed E-state index contributed by atoms with van der Waals surface area (Å²) in [5, 5.41) is 13.0. The van der Waals surface area contributed by atoms with Gasteiger partial charge >= 0.3 is 0 Å². The van der Waals surface area contributed by atoms with Crippen molar-refractivity contribution in [3.63, 3.8) is 0 Å². The fraction of sp³-hybridized carbons (Fsp3) is 0.286. The Kier molecular flexibility index (Phi) is 10.0. The largest absolute Gasteiger partial charge is 0.492 e. The molecule has 0 aliphatic carbocycles. The smallest absolute Gasteiger partial charge is 0.269 e. The number of hydrogen-bond donors (Lipinski definition) is 3. The van der Waals surface area contributed by atoms with Gasteiger partial charge < -0.3 is 4.74 Å². The fourth-order valence-electron chi connectivity index (χ4n) is 2.60. The number of nitro benzene ring substituents is 1. The molecule has 32 heavy (non-hydrogen) atoms. The van der Waals surface area contributed by atoms with Crippen LogP contribution in [0.15, 0.2) is 46.9 Å². The molecule has 0 aliphatic heterocycles. The summed E-state index contributed by atoms with van der Waals surface area (Å²) in [6.45, 7) is 2.75. The molecule has 0 unspecified atom stereocenters. The maximum atomic E-state index is 12.4. The van der Waals surface area contributed by atoms with Crippen molar-refractivity contribution < 1.29 is 19.2 Å². The molecule has 0 atom stereocenters. The number of ether oxygens (including phenoxy) is 1. The number of benzene rings is 2. The molecular weight excluding hydrogens is 500 g/mol. The van der Waals surface area contributed by atoms with Crippen LogP contribution in [0.5, 0.6) is 5.75 Å². The minimum atomic E-state index is -0.570. The van der Waals surface area contributed by atoms with Crippen molar-refractivity contribution in [3.8, 4) is 5.75 Å². The molecule has 3 N–H and O–H groups in total. The summed E-state index contributed by atoms with van der Waals surface area (Å²) in [6, 6.07) is 9.97. The molecule has 0 aromatic heterocycles. The van der Waals surface area contributed by atoms with Gasteiger partial charge in [0.05, 0.1) is 16.0 Å². The minimum absolute atomic E-state index is 0.113. The summed E-state index contributed by atoms with van der Waals surface area (Å²) in [4.78, 5) is 34.6. The van der Waals surface area contributed by atoms with Gasteiger partial charge in [-0.05, 0) is 64.9 Å². The van der Waals surface area contributed by atoms with Gasteiger partial charge in [0, 0.05) is 23.3 Å². The molecule has 170 valence electrons. The average molecular weight is 523 g/mol. The number of halogens is 1. The number of nitrogens with zero attached hydrogens (tertiary/aromatic N) is 1. The van der Waals surface area contributed by atoms with E-state index in [0.29, 0.717) is 22.4 Å². The summed E-state index contributed by atoms with van der Waals surface area (Å²) in [7, 11) is 0. The first-order chi connectivity index (χ1) is 15.3. The van der Waals surface area contributed by atoms with E-state index in [1.165, 1.54) is 30.7 Å². The van der Waals surface area contributed by atoms with E-state index in [-0.39, 0.29) is 16.4 Å². The Bertz CT molecular complexity index is 985. The number of carbonyl (C=O) groups is 2. The van der Waals surface area contributed by atoms with Crippen molar-refractivity contribution in [1.29, 1.82) is 0 Å². The molecular formula is C21H23BrN4O5S. The van der Waals surface area contributed by atoms with E-state index in [0.717, 1.165) is 19.3 Å². The van der Waals surface area contributed by atoms with Gasteiger partial charge in [0.15, 0.2) is 5.11 Å². The molecule has 2 rings (SSSR count). The predicted molar refractivity (Wildman–Crippen MR) is 128 cm³/mol. The van der Waals surface area contributed by atoms with E-state index in [2.05, 4.69) is 39.0 Å². The van der Waals surface area contributed by atoms with Crippen LogP contribution in [0.3, 0.4) is 0 Å². The van der Waals surface area contributed by atoms with Crippen molar-refractivity contribution in [1.82, 2.24) is 16.2 Å². The quantitative estimate of drug-likeness (QED) is 0.194. The van der Waals surface area contributed by atoms with Gasteiger partial charge in [-0.1, -0.05) is 26.2 Å². The van der Waals surface area contributed by atoms with Gasteiger partial charge in [-0.2, -0.15) is 0 Å². The van der Waals surface area contributed by atoms with Crippen LogP contribution in [-0.4, -0.2) is 28.5 Å². The number of thiocarbonyl (C=S) groups is 1. The lowest BCUT2D eigenvalue weighted by Crippen LogP contribution is -2.48. The highest BCUT2D eigenvalue weighted by molar-refractivity contribution is 9.10. The lowest BCUT2D eigenvalue weighted by Gasteiger charge is -2.12. The predicted octanol–water partition coefficient (Wildman–Crippen LogP) is 4.27. The van der Waals surface area contributed by atoms with Gasteiger partial charge in [0.25, 0.3) is 17.5 Å². The summed E-state index contributed by atoms with van der Waals surface area (Å²) in [6.07, 6.45) is 4.41. The van der Waals surface area contributed by atoms with Crippen molar-refractivity contribution in [2.75, 3.05) is 6.61 Å². The zero-order valence-electron chi connectivity index (χ0n) is 17.4. The zero-order valence-corrected chi connectivity index (χ0v) is 19.8. The Balaban J connectivity index is 1.82. The van der Waals surface area contributed by atoms with Crippen molar-refractivity contribution in [3.05, 3.63) is 68.2 Å². The lowest BCUT2D eigenvalue weighted by atomic mass is 10.2. The Labute approximate surface area is 199 Å². The SMILES string of the molecule is CCCCCCOc1ccc(C(=O)NC(=S)NNC(=O)c2ccc([N+](=O)[O-])cc2)cc1Br. The summed E-state index contributed by atoms with van der Waals surface area (Å²) < 4.78 is 6.37. The number of hydrazine groups is 1. The van der Waals surface area contributed by atoms with Crippen molar-refractivity contribution in [2.24, 2.45) is 0 Å². The first-order valence-corrected chi connectivity index (χ1v) is 11.1. The van der Waals surface area contributed by atoms with Crippen LogP contribution >= 0.6 is 28.1 Å². The maximum Gasteiger partial charge on any atom is 0.269 e. The highest BCUT2D eigenvalue weighted by atomic mass is 79.9. The van der Waals surface area contributed by atoms with Crippen LogP contribution in [-0.2, 0) is 0 Å². The molecule has 11 heteroatoms. The minimum Gasteiger partial charge on any atom is -0.492 e. The topological polar surface area (TPSA) is 123 Å². The van der Waals surface area contributed by atoms with Crippen LogP contribution < -0.4 is 20.9 Å². The Hall–Kier alpha value is -3.05. The van der Waals surface area contributed by atoms with Gasteiger partial charge in [-0.15, -0.1) is 0 Å². The highest BCUT2D eigenvalue weighted by Crippen LogP contribution is 2.26. The molecule has 0 fully saturated rings. The molecule has 9 nitrogen and oxygen atoms in total.